The van der Waals surface area contributed by atoms with Gasteiger partial charge in [0.15, 0.2) is 0 Å². The number of nitrogens with one attached hydrogen (secondary N) is 1. The Hall–Kier alpha value is -1.16. The Labute approximate surface area is 98.1 Å². The highest BCUT2D eigenvalue weighted by Crippen LogP contribution is 2.07. The number of rotatable bonds is 7. The number of hydrogen-bond acceptors (Lipinski definition) is 4. The summed E-state index contributed by atoms with van der Waals surface area (Å²) < 4.78 is 0. The molecular formula is C12H22N4. The molecule has 4 nitrogen and oxygen atoms in total. The van der Waals surface area contributed by atoms with Crippen LogP contribution in [0.5, 0.6) is 0 Å². The molecule has 0 amide bonds. The summed E-state index contributed by atoms with van der Waals surface area (Å²) in [7, 11) is 2.06. The van der Waals surface area contributed by atoms with Crippen molar-refractivity contribution in [2.24, 2.45) is 0 Å². The second-order valence-corrected chi connectivity index (χ2v) is 3.92. The molecule has 0 bridgehead atoms. The van der Waals surface area contributed by atoms with E-state index >= 15 is 0 Å². The van der Waals surface area contributed by atoms with Crippen molar-refractivity contribution in [2.75, 3.05) is 25.0 Å². The average Bonchev–Trinajstić information content (AvgIpc) is 2.34. The van der Waals surface area contributed by atoms with Gasteiger partial charge in [0.1, 0.15) is 5.82 Å². The zero-order chi connectivity index (χ0) is 11.8. The van der Waals surface area contributed by atoms with Crippen molar-refractivity contribution in [3.8, 4) is 0 Å². The van der Waals surface area contributed by atoms with Crippen LogP contribution in [-0.4, -0.2) is 30.1 Å². The summed E-state index contributed by atoms with van der Waals surface area (Å²) in [4.78, 5) is 10.9. The number of unbranched alkanes of at least 4 members (excludes halogenated alkanes) is 1. The van der Waals surface area contributed by atoms with Crippen LogP contribution >= 0.6 is 0 Å². The van der Waals surface area contributed by atoms with Crippen LogP contribution in [0, 0.1) is 0 Å². The van der Waals surface area contributed by atoms with Gasteiger partial charge in [0.25, 0.3) is 0 Å². The zero-order valence-corrected chi connectivity index (χ0v) is 10.5. The van der Waals surface area contributed by atoms with Crippen molar-refractivity contribution < 1.29 is 0 Å². The molecule has 90 valence electrons. The van der Waals surface area contributed by atoms with Gasteiger partial charge in [-0.3, -0.25) is 4.98 Å². The molecule has 1 aromatic rings. The highest BCUT2D eigenvalue weighted by molar-refractivity contribution is 5.34. The van der Waals surface area contributed by atoms with Crippen molar-refractivity contribution >= 4 is 5.82 Å². The molecule has 0 radical (unpaired) electrons. The molecule has 0 aliphatic carbocycles. The molecule has 0 fully saturated rings. The third kappa shape index (κ3) is 4.14. The lowest BCUT2D eigenvalue weighted by Gasteiger charge is -2.17. The van der Waals surface area contributed by atoms with E-state index in [1.54, 1.807) is 0 Å². The fourth-order valence-corrected chi connectivity index (χ4v) is 1.40. The summed E-state index contributed by atoms with van der Waals surface area (Å²) in [6.07, 6.45) is 6.09. The monoisotopic (exact) mass is 222 g/mol. The quantitative estimate of drug-likeness (QED) is 0.764. The van der Waals surface area contributed by atoms with Crippen molar-refractivity contribution in [1.29, 1.82) is 0 Å². The Balaban J connectivity index is 2.49. The van der Waals surface area contributed by atoms with Crippen LogP contribution in [0.1, 0.15) is 32.4 Å². The third-order valence-electron chi connectivity index (χ3n) is 2.49. The molecule has 0 atom stereocenters. The first kappa shape index (κ1) is 12.9. The van der Waals surface area contributed by atoms with Crippen LogP contribution < -0.4 is 10.2 Å². The molecule has 1 aromatic heterocycles. The molecule has 1 heterocycles. The van der Waals surface area contributed by atoms with Crippen molar-refractivity contribution in [1.82, 2.24) is 15.3 Å². The Morgan fingerprint density at radius 3 is 2.62 bits per heavy atom. The Bertz CT molecular complexity index is 284. The molecule has 1 rings (SSSR count). The van der Waals surface area contributed by atoms with Gasteiger partial charge < -0.3 is 10.2 Å². The lowest BCUT2D eigenvalue weighted by atomic mass is 10.3. The normalized spacial score (nSPS) is 10.4. The smallest absolute Gasteiger partial charge is 0.146 e. The Morgan fingerprint density at radius 1 is 1.25 bits per heavy atom. The minimum atomic E-state index is 0.794. The Morgan fingerprint density at radius 2 is 2.06 bits per heavy atom. The highest BCUT2D eigenvalue weighted by atomic mass is 15.2. The van der Waals surface area contributed by atoms with Crippen molar-refractivity contribution in [2.45, 2.75) is 33.2 Å². The Kier molecular flexibility index (Phi) is 5.78. The van der Waals surface area contributed by atoms with Crippen LogP contribution in [0.3, 0.4) is 0 Å². The first-order valence-corrected chi connectivity index (χ1v) is 6.00. The van der Waals surface area contributed by atoms with Gasteiger partial charge in [-0.15, -0.1) is 0 Å². The van der Waals surface area contributed by atoms with E-state index in [4.69, 9.17) is 0 Å². The van der Waals surface area contributed by atoms with Gasteiger partial charge in [-0.1, -0.05) is 20.3 Å². The topological polar surface area (TPSA) is 41.1 Å². The molecule has 0 saturated heterocycles. The zero-order valence-electron chi connectivity index (χ0n) is 10.5. The average molecular weight is 222 g/mol. The first-order valence-electron chi connectivity index (χ1n) is 6.00. The third-order valence-corrected chi connectivity index (χ3v) is 2.49. The second kappa shape index (κ2) is 7.17. The number of hydrogen-bond donors (Lipinski definition) is 1. The highest BCUT2D eigenvalue weighted by Gasteiger charge is 2.02. The van der Waals surface area contributed by atoms with E-state index in [1.807, 2.05) is 12.4 Å². The SMILES string of the molecule is CCCCN(C)c1cnc(CNCC)cn1. The summed E-state index contributed by atoms with van der Waals surface area (Å²) in [6.45, 7) is 7.07. The lowest BCUT2D eigenvalue weighted by molar-refractivity contribution is 0.704. The summed E-state index contributed by atoms with van der Waals surface area (Å²) in [6, 6.07) is 0. The molecule has 0 aromatic carbocycles. The van der Waals surface area contributed by atoms with Gasteiger partial charge >= 0.3 is 0 Å². The van der Waals surface area contributed by atoms with Gasteiger partial charge in [-0.2, -0.15) is 0 Å². The van der Waals surface area contributed by atoms with E-state index in [0.29, 0.717) is 0 Å². The van der Waals surface area contributed by atoms with E-state index in [2.05, 4.69) is 41.1 Å². The molecule has 4 heteroatoms. The first-order chi connectivity index (χ1) is 7.77. The van der Waals surface area contributed by atoms with Gasteiger partial charge in [0.05, 0.1) is 18.1 Å². The number of nitrogens with zero attached hydrogens (tertiary/aromatic N) is 3. The molecule has 1 N–H and O–H groups in total. The summed E-state index contributed by atoms with van der Waals surface area (Å²) in [5.74, 6) is 0.952. The van der Waals surface area contributed by atoms with Crippen LogP contribution in [0.2, 0.25) is 0 Å². The number of anilines is 1. The van der Waals surface area contributed by atoms with Crippen LogP contribution in [-0.2, 0) is 6.54 Å². The lowest BCUT2D eigenvalue weighted by Crippen LogP contribution is -2.20. The summed E-state index contributed by atoms with van der Waals surface area (Å²) in [5.41, 5.74) is 0.995. The molecule has 0 unspecified atom stereocenters. The minimum absolute atomic E-state index is 0.794. The molecule has 0 aliphatic rings. The van der Waals surface area contributed by atoms with E-state index in [1.165, 1.54) is 12.8 Å². The predicted octanol–water partition coefficient (Wildman–Crippen LogP) is 1.82. The fourth-order valence-electron chi connectivity index (χ4n) is 1.40. The maximum Gasteiger partial charge on any atom is 0.146 e. The van der Waals surface area contributed by atoms with Gasteiger partial charge in [-0.05, 0) is 13.0 Å². The molecular weight excluding hydrogens is 200 g/mol. The van der Waals surface area contributed by atoms with E-state index < -0.39 is 0 Å². The molecule has 16 heavy (non-hydrogen) atoms. The number of aromatic nitrogens is 2. The standard InChI is InChI=1S/C12H22N4/c1-4-6-7-16(3)12-10-14-11(9-15-12)8-13-5-2/h9-10,13H,4-8H2,1-3H3. The molecule has 0 aliphatic heterocycles. The van der Waals surface area contributed by atoms with Crippen LogP contribution in [0.15, 0.2) is 12.4 Å². The maximum atomic E-state index is 4.41. The summed E-state index contributed by atoms with van der Waals surface area (Å²) in [5, 5.41) is 3.23. The van der Waals surface area contributed by atoms with Gasteiger partial charge in [0, 0.05) is 20.1 Å². The largest absolute Gasteiger partial charge is 0.358 e. The fraction of sp³-hybridized carbons (Fsp3) is 0.667. The van der Waals surface area contributed by atoms with Gasteiger partial charge in [-0.25, -0.2) is 4.98 Å². The van der Waals surface area contributed by atoms with E-state index in [0.717, 1.165) is 31.1 Å². The van der Waals surface area contributed by atoms with Crippen LogP contribution in [0.4, 0.5) is 5.82 Å². The minimum Gasteiger partial charge on any atom is -0.358 e. The van der Waals surface area contributed by atoms with E-state index in [9.17, 15) is 0 Å². The second-order valence-electron chi connectivity index (χ2n) is 3.92. The maximum absolute atomic E-state index is 4.41. The molecule has 0 saturated carbocycles. The van der Waals surface area contributed by atoms with Crippen molar-refractivity contribution in [3.05, 3.63) is 18.1 Å². The predicted molar refractivity (Wildman–Crippen MR) is 67.6 cm³/mol. The van der Waals surface area contributed by atoms with E-state index in [-0.39, 0.29) is 0 Å². The summed E-state index contributed by atoms with van der Waals surface area (Å²) >= 11 is 0. The van der Waals surface area contributed by atoms with Gasteiger partial charge in [0.2, 0.25) is 0 Å². The van der Waals surface area contributed by atoms with Crippen LogP contribution in [0.25, 0.3) is 0 Å². The van der Waals surface area contributed by atoms with Crippen molar-refractivity contribution in [3.63, 3.8) is 0 Å². The molecule has 0 spiro atoms.